The second-order valence-corrected chi connectivity index (χ2v) is 9.45. The number of benzene rings is 1. The van der Waals surface area contributed by atoms with Crippen molar-refractivity contribution in [1.29, 1.82) is 0 Å². The molecule has 1 aliphatic carbocycles. The number of carbonyl (C=O) groups is 1. The average Bonchev–Trinajstić information content (AvgIpc) is 3.57. The molecular formula is C22H20F3N5O4S. The molecule has 1 fully saturated rings. The van der Waals surface area contributed by atoms with Gasteiger partial charge in [0.15, 0.2) is 11.2 Å². The molecule has 1 aromatic carbocycles. The van der Waals surface area contributed by atoms with E-state index < -0.39 is 33.8 Å². The molecule has 1 amide bonds. The van der Waals surface area contributed by atoms with Crippen LogP contribution in [0.1, 0.15) is 24.0 Å². The number of nitrogens with zero attached hydrogens (tertiary/aromatic N) is 4. The molecule has 0 aliphatic heterocycles. The zero-order chi connectivity index (χ0) is 25.7. The summed E-state index contributed by atoms with van der Waals surface area (Å²) in [7, 11) is 1.22. The van der Waals surface area contributed by atoms with Gasteiger partial charge < -0.3 is 9.88 Å². The van der Waals surface area contributed by atoms with Crippen molar-refractivity contribution in [2.24, 2.45) is 20.0 Å². The van der Waals surface area contributed by atoms with Crippen LogP contribution in [0.3, 0.4) is 0 Å². The van der Waals surface area contributed by atoms with Crippen LogP contribution in [-0.4, -0.2) is 35.1 Å². The largest absolute Gasteiger partial charge is 0.416 e. The molecule has 1 unspecified atom stereocenters. The van der Waals surface area contributed by atoms with Crippen LogP contribution in [-0.2, 0) is 42.4 Å². The highest BCUT2D eigenvalue weighted by atomic mass is 32.2. The Balaban J connectivity index is 1.75. The molecule has 1 atom stereocenters. The molecule has 1 saturated carbocycles. The van der Waals surface area contributed by atoms with Gasteiger partial charge in [-0.15, -0.1) is 0 Å². The van der Waals surface area contributed by atoms with Crippen molar-refractivity contribution in [2.75, 3.05) is 11.6 Å². The van der Waals surface area contributed by atoms with Gasteiger partial charge in [0.25, 0.3) is 5.56 Å². The van der Waals surface area contributed by atoms with Gasteiger partial charge in [0.2, 0.25) is 11.1 Å². The van der Waals surface area contributed by atoms with Crippen molar-refractivity contribution in [3.8, 4) is 11.8 Å². The van der Waals surface area contributed by atoms with Crippen LogP contribution in [0.5, 0.6) is 0 Å². The second kappa shape index (κ2) is 8.84. The number of aromatic nitrogens is 4. The van der Waals surface area contributed by atoms with Gasteiger partial charge in [0, 0.05) is 37.5 Å². The van der Waals surface area contributed by atoms with Gasteiger partial charge in [0.05, 0.1) is 22.9 Å². The van der Waals surface area contributed by atoms with Gasteiger partial charge >= 0.3 is 11.9 Å². The first kappa shape index (κ1) is 24.5. The third-order valence-corrected chi connectivity index (χ3v) is 6.40. The molecule has 0 spiro atoms. The molecule has 184 valence electrons. The number of fused-ring (bicyclic) bond motifs is 1. The van der Waals surface area contributed by atoms with E-state index in [2.05, 4.69) is 22.1 Å². The third kappa shape index (κ3) is 4.79. The normalized spacial score (nSPS) is 14.5. The quantitative estimate of drug-likeness (QED) is 0.540. The molecule has 9 nitrogen and oxygen atoms in total. The third-order valence-electron chi connectivity index (χ3n) is 5.52. The Labute approximate surface area is 199 Å². The molecule has 1 N–H and O–H groups in total. The molecule has 3 aromatic rings. The van der Waals surface area contributed by atoms with E-state index in [1.807, 2.05) is 0 Å². The Morgan fingerprint density at radius 2 is 1.89 bits per heavy atom. The zero-order valence-corrected chi connectivity index (χ0v) is 19.7. The van der Waals surface area contributed by atoms with Gasteiger partial charge in [-0.3, -0.25) is 22.9 Å². The number of anilines is 1. The van der Waals surface area contributed by atoms with Crippen molar-refractivity contribution in [3.63, 3.8) is 0 Å². The van der Waals surface area contributed by atoms with Crippen LogP contribution in [0.25, 0.3) is 11.2 Å². The van der Waals surface area contributed by atoms with E-state index in [1.165, 1.54) is 31.0 Å². The molecule has 2 heterocycles. The summed E-state index contributed by atoms with van der Waals surface area (Å²) in [6, 6.07) is 3.01. The van der Waals surface area contributed by atoms with Crippen molar-refractivity contribution < 1.29 is 22.2 Å². The summed E-state index contributed by atoms with van der Waals surface area (Å²) in [6.45, 7) is -0.295. The summed E-state index contributed by atoms with van der Waals surface area (Å²) in [6.07, 6.45) is -1.89. The van der Waals surface area contributed by atoms with Gasteiger partial charge in [-0.2, -0.15) is 13.2 Å². The summed E-state index contributed by atoms with van der Waals surface area (Å²) in [5.41, 5.74) is -2.36. The molecule has 0 saturated heterocycles. The molecule has 35 heavy (non-hydrogen) atoms. The lowest BCUT2D eigenvalue weighted by Crippen LogP contribution is -2.38. The number of carbonyl (C=O) groups excluding carboxylic acids is 1. The topological polar surface area (TPSA) is 108 Å². The SMILES string of the molecule is Cn1c(=O)c2c(nc(S(C)=O)n2C)n(CC#Cc2cc(NC(=O)C3CC3)cc(C(F)(F)F)c2)c1=O. The Bertz CT molecular complexity index is 1570. The smallest absolute Gasteiger partial charge is 0.326 e. The van der Waals surface area contributed by atoms with Gasteiger partial charge in [-0.05, 0) is 31.0 Å². The number of hydrogen-bond donors (Lipinski definition) is 1. The maximum absolute atomic E-state index is 13.4. The maximum atomic E-state index is 13.4. The zero-order valence-electron chi connectivity index (χ0n) is 18.9. The van der Waals surface area contributed by atoms with Gasteiger partial charge in [-0.25, -0.2) is 9.78 Å². The van der Waals surface area contributed by atoms with Crippen LogP contribution in [0, 0.1) is 17.8 Å². The summed E-state index contributed by atoms with van der Waals surface area (Å²) in [4.78, 5) is 41.5. The van der Waals surface area contributed by atoms with Crippen LogP contribution >= 0.6 is 0 Å². The van der Waals surface area contributed by atoms with E-state index >= 15 is 0 Å². The van der Waals surface area contributed by atoms with E-state index in [-0.39, 0.29) is 45.9 Å². The highest BCUT2D eigenvalue weighted by Crippen LogP contribution is 2.34. The molecule has 0 radical (unpaired) electrons. The highest BCUT2D eigenvalue weighted by molar-refractivity contribution is 7.84. The van der Waals surface area contributed by atoms with E-state index in [0.717, 1.165) is 21.3 Å². The lowest BCUT2D eigenvalue weighted by molar-refractivity contribution is -0.137. The minimum Gasteiger partial charge on any atom is -0.326 e. The van der Waals surface area contributed by atoms with E-state index in [1.54, 1.807) is 0 Å². The standard InChI is InChI=1S/C22H20F3N5O4S/c1-28-16-17(27-20(28)35(3)34)30(21(33)29(2)19(16)32)8-4-5-12-9-14(22(23,24)25)11-15(10-12)26-18(31)13-6-7-13/h9-11,13H,6-8H2,1-3H3,(H,26,31). The summed E-state index contributed by atoms with van der Waals surface area (Å²) in [5.74, 6) is 4.69. The maximum Gasteiger partial charge on any atom is 0.416 e. The lowest BCUT2D eigenvalue weighted by atomic mass is 10.1. The summed E-state index contributed by atoms with van der Waals surface area (Å²) in [5, 5.41) is 2.57. The number of alkyl halides is 3. The Morgan fingerprint density at radius 1 is 1.20 bits per heavy atom. The van der Waals surface area contributed by atoms with Crippen LogP contribution in [0.15, 0.2) is 32.9 Å². The fourth-order valence-electron chi connectivity index (χ4n) is 3.55. The van der Waals surface area contributed by atoms with E-state index in [9.17, 15) is 31.8 Å². The van der Waals surface area contributed by atoms with E-state index in [0.29, 0.717) is 12.8 Å². The number of rotatable bonds is 4. The number of aryl methyl sites for hydroxylation is 1. The monoisotopic (exact) mass is 507 g/mol. The number of halogens is 3. The molecule has 1 aliphatic rings. The number of hydrogen-bond acceptors (Lipinski definition) is 5. The predicted octanol–water partition coefficient (Wildman–Crippen LogP) is 1.59. The highest BCUT2D eigenvalue weighted by Gasteiger charge is 2.33. The number of imidazole rings is 1. The fourth-order valence-corrected chi connectivity index (χ4v) is 4.25. The molecule has 4 rings (SSSR count). The van der Waals surface area contributed by atoms with Crippen LogP contribution in [0.2, 0.25) is 0 Å². The Hall–Kier alpha value is -3.66. The minimum absolute atomic E-state index is 0.0172. The molecule has 0 bridgehead atoms. The lowest BCUT2D eigenvalue weighted by Gasteiger charge is -2.11. The first-order valence-electron chi connectivity index (χ1n) is 10.4. The van der Waals surface area contributed by atoms with Crippen molar-refractivity contribution in [3.05, 3.63) is 50.2 Å². The molecular weight excluding hydrogens is 487 g/mol. The molecule has 13 heteroatoms. The summed E-state index contributed by atoms with van der Waals surface area (Å²) >= 11 is 0. The van der Waals surface area contributed by atoms with Gasteiger partial charge in [-0.1, -0.05) is 11.8 Å². The summed E-state index contributed by atoms with van der Waals surface area (Å²) < 4.78 is 55.4. The molecule has 2 aromatic heterocycles. The Kier molecular flexibility index (Phi) is 6.18. The Morgan fingerprint density at radius 3 is 2.49 bits per heavy atom. The van der Waals surface area contributed by atoms with Crippen LogP contribution < -0.4 is 16.6 Å². The first-order valence-corrected chi connectivity index (χ1v) is 12.0. The number of nitrogens with one attached hydrogen (secondary N) is 1. The number of amides is 1. The van der Waals surface area contributed by atoms with Crippen molar-refractivity contribution >= 4 is 33.6 Å². The van der Waals surface area contributed by atoms with Gasteiger partial charge in [0.1, 0.15) is 0 Å². The second-order valence-electron chi connectivity index (χ2n) is 8.17. The van der Waals surface area contributed by atoms with Crippen LogP contribution in [0.4, 0.5) is 18.9 Å². The first-order chi connectivity index (χ1) is 16.4. The van der Waals surface area contributed by atoms with E-state index in [4.69, 9.17) is 0 Å². The van der Waals surface area contributed by atoms with Crippen molar-refractivity contribution in [2.45, 2.75) is 30.7 Å². The minimum atomic E-state index is -4.66. The van der Waals surface area contributed by atoms with Crippen molar-refractivity contribution in [1.82, 2.24) is 18.7 Å². The average molecular weight is 507 g/mol. The predicted molar refractivity (Wildman–Crippen MR) is 122 cm³/mol. The fraction of sp³-hybridized carbons (Fsp3) is 0.364.